The summed E-state index contributed by atoms with van der Waals surface area (Å²) in [6.07, 6.45) is 4.51. The van der Waals surface area contributed by atoms with E-state index in [0.717, 1.165) is 38.8 Å². The Morgan fingerprint density at radius 2 is 1.61 bits per heavy atom. The summed E-state index contributed by atoms with van der Waals surface area (Å²) in [5.41, 5.74) is 0.462. The van der Waals surface area contributed by atoms with Crippen LogP contribution >= 0.6 is 0 Å². The van der Waals surface area contributed by atoms with Gasteiger partial charge in [-0.3, -0.25) is 14.5 Å². The second-order valence-corrected chi connectivity index (χ2v) is 6.51. The van der Waals surface area contributed by atoms with Crippen LogP contribution in [-0.4, -0.2) is 46.4 Å². The summed E-state index contributed by atoms with van der Waals surface area (Å²) in [6, 6.07) is 6.50. The van der Waals surface area contributed by atoms with Gasteiger partial charge in [0.1, 0.15) is 0 Å². The fraction of sp³-hybridized carbons (Fsp3) is 0.471. The molecule has 0 bridgehead atoms. The number of carbonyl (C=O) groups is 3. The number of amides is 2. The molecule has 1 saturated carbocycles. The van der Waals surface area contributed by atoms with Gasteiger partial charge in [0.25, 0.3) is 11.8 Å². The molecule has 2 heterocycles. The van der Waals surface area contributed by atoms with E-state index >= 15 is 0 Å². The van der Waals surface area contributed by atoms with Gasteiger partial charge in [0.2, 0.25) is 0 Å². The first-order chi connectivity index (χ1) is 11.1. The molecule has 1 aromatic rings. The predicted molar refractivity (Wildman–Crippen MR) is 80.4 cm³/mol. The average molecular weight is 314 g/mol. The molecule has 2 fully saturated rings. The number of imide groups is 1. The second-order valence-electron chi connectivity index (χ2n) is 6.51. The van der Waals surface area contributed by atoms with Crippen LogP contribution in [-0.2, 0) is 9.63 Å². The Morgan fingerprint density at radius 3 is 2.13 bits per heavy atom. The van der Waals surface area contributed by atoms with E-state index in [1.807, 2.05) is 0 Å². The molecule has 4 rings (SSSR count). The number of rotatable bonds is 4. The first kappa shape index (κ1) is 14.4. The summed E-state index contributed by atoms with van der Waals surface area (Å²) in [7, 11) is 0. The Kier molecular flexibility index (Phi) is 3.23. The van der Waals surface area contributed by atoms with Crippen LogP contribution in [0.4, 0.5) is 0 Å². The van der Waals surface area contributed by atoms with Crippen molar-refractivity contribution >= 4 is 17.8 Å². The Hall–Kier alpha value is -2.21. The molecular formula is C17H18N2O4. The number of hydroxylamine groups is 2. The summed E-state index contributed by atoms with van der Waals surface area (Å²) < 4.78 is 0. The third-order valence-corrected chi connectivity index (χ3v) is 5.03. The van der Waals surface area contributed by atoms with Gasteiger partial charge >= 0.3 is 5.97 Å². The molecule has 23 heavy (non-hydrogen) atoms. The number of hydrogen-bond acceptors (Lipinski definition) is 5. The molecule has 2 aliphatic heterocycles. The largest absolute Gasteiger partial charge is 0.335 e. The highest BCUT2D eigenvalue weighted by Crippen LogP contribution is 2.46. The summed E-state index contributed by atoms with van der Waals surface area (Å²) in [5.74, 6) is -1.64. The standard InChI is InChI=1S/C17H18N2O4/c20-14(11-17(7-8-17)18-9-3-4-10-18)23-19-15(21)12-5-1-2-6-13(12)16(19)22/h1-2,5-6H,3-4,7-11H2. The van der Waals surface area contributed by atoms with Crippen LogP contribution < -0.4 is 0 Å². The maximum Gasteiger partial charge on any atom is 0.335 e. The highest BCUT2D eigenvalue weighted by molar-refractivity contribution is 6.20. The molecule has 1 aliphatic carbocycles. The molecule has 120 valence electrons. The van der Waals surface area contributed by atoms with Gasteiger partial charge in [0, 0.05) is 5.54 Å². The minimum atomic E-state index is -0.565. The third kappa shape index (κ3) is 2.34. The topological polar surface area (TPSA) is 66.9 Å². The zero-order chi connectivity index (χ0) is 16.0. The van der Waals surface area contributed by atoms with Crippen LogP contribution in [0.2, 0.25) is 0 Å². The monoisotopic (exact) mass is 314 g/mol. The van der Waals surface area contributed by atoms with Crippen molar-refractivity contribution in [1.82, 2.24) is 9.96 Å². The van der Waals surface area contributed by atoms with Crippen molar-refractivity contribution in [3.63, 3.8) is 0 Å². The van der Waals surface area contributed by atoms with E-state index in [4.69, 9.17) is 4.84 Å². The van der Waals surface area contributed by atoms with Gasteiger partial charge < -0.3 is 4.84 Å². The fourth-order valence-electron chi connectivity index (χ4n) is 3.59. The number of carbonyl (C=O) groups excluding carboxylic acids is 3. The quantitative estimate of drug-likeness (QED) is 0.792. The van der Waals surface area contributed by atoms with Crippen molar-refractivity contribution in [3.05, 3.63) is 35.4 Å². The van der Waals surface area contributed by atoms with Crippen molar-refractivity contribution in [2.45, 2.75) is 37.6 Å². The van der Waals surface area contributed by atoms with Gasteiger partial charge in [-0.15, -0.1) is 0 Å². The third-order valence-electron chi connectivity index (χ3n) is 5.03. The maximum atomic E-state index is 12.3. The van der Waals surface area contributed by atoms with Crippen LogP contribution in [0.1, 0.15) is 52.8 Å². The molecule has 6 heteroatoms. The number of fused-ring (bicyclic) bond motifs is 1. The molecular weight excluding hydrogens is 296 g/mol. The van der Waals surface area contributed by atoms with Gasteiger partial charge in [-0.1, -0.05) is 17.2 Å². The van der Waals surface area contributed by atoms with Gasteiger partial charge in [-0.05, 0) is 50.9 Å². The highest BCUT2D eigenvalue weighted by atomic mass is 16.7. The van der Waals surface area contributed by atoms with Crippen LogP contribution in [0.25, 0.3) is 0 Å². The molecule has 0 N–H and O–H groups in total. The average Bonchev–Trinajstić information content (AvgIpc) is 3.03. The molecule has 2 amide bonds. The Bertz CT molecular complexity index is 655. The molecule has 3 aliphatic rings. The van der Waals surface area contributed by atoms with Gasteiger partial charge in [-0.2, -0.15) is 0 Å². The van der Waals surface area contributed by atoms with E-state index in [2.05, 4.69) is 4.90 Å². The SMILES string of the molecule is O=C(CC1(N2CCCC2)CC1)ON1C(=O)c2ccccc2C1=O. The minimum Gasteiger partial charge on any atom is -0.330 e. The molecule has 0 spiro atoms. The van der Waals surface area contributed by atoms with Crippen LogP contribution in [0.5, 0.6) is 0 Å². The number of benzene rings is 1. The summed E-state index contributed by atoms with van der Waals surface area (Å²) >= 11 is 0. The smallest absolute Gasteiger partial charge is 0.330 e. The van der Waals surface area contributed by atoms with Crippen molar-refractivity contribution in [2.24, 2.45) is 0 Å². The lowest BCUT2D eigenvalue weighted by atomic mass is 10.1. The lowest BCUT2D eigenvalue weighted by Gasteiger charge is -2.26. The van der Waals surface area contributed by atoms with Crippen molar-refractivity contribution in [2.75, 3.05) is 13.1 Å². The molecule has 0 atom stereocenters. The van der Waals surface area contributed by atoms with E-state index in [1.165, 1.54) is 0 Å². The molecule has 1 aromatic carbocycles. The van der Waals surface area contributed by atoms with E-state index in [0.29, 0.717) is 5.06 Å². The number of hydrogen-bond donors (Lipinski definition) is 0. The van der Waals surface area contributed by atoms with Crippen molar-refractivity contribution in [3.8, 4) is 0 Å². The predicted octanol–water partition coefficient (Wildman–Crippen LogP) is 1.76. The minimum absolute atomic E-state index is 0.105. The summed E-state index contributed by atoms with van der Waals surface area (Å²) in [5, 5.41) is 0.604. The van der Waals surface area contributed by atoms with Crippen molar-refractivity contribution in [1.29, 1.82) is 0 Å². The summed E-state index contributed by atoms with van der Waals surface area (Å²) in [6.45, 7) is 2.03. The van der Waals surface area contributed by atoms with Gasteiger partial charge in [0.15, 0.2) is 0 Å². The van der Waals surface area contributed by atoms with Crippen molar-refractivity contribution < 1.29 is 19.2 Å². The Balaban J connectivity index is 1.44. The Morgan fingerprint density at radius 1 is 1.04 bits per heavy atom. The fourth-order valence-corrected chi connectivity index (χ4v) is 3.59. The molecule has 0 unspecified atom stereocenters. The highest BCUT2D eigenvalue weighted by Gasteiger charge is 2.51. The van der Waals surface area contributed by atoms with Gasteiger partial charge in [0.05, 0.1) is 17.5 Å². The first-order valence-electron chi connectivity index (χ1n) is 8.04. The normalized spacial score (nSPS) is 22.3. The molecule has 6 nitrogen and oxygen atoms in total. The number of nitrogens with zero attached hydrogens (tertiary/aromatic N) is 2. The van der Waals surface area contributed by atoms with Crippen LogP contribution in [0.15, 0.2) is 24.3 Å². The second kappa shape index (κ2) is 5.16. The zero-order valence-corrected chi connectivity index (χ0v) is 12.8. The number of likely N-dealkylation sites (tertiary alicyclic amines) is 1. The zero-order valence-electron chi connectivity index (χ0n) is 12.8. The van der Waals surface area contributed by atoms with E-state index < -0.39 is 17.8 Å². The lowest BCUT2D eigenvalue weighted by molar-refractivity contribution is -0.170. The maximum absolute atomic E-state index is 12.3. The molecule has 0 radical (unpaired) electrons. The first-order valence-corrected chi connectivity index (χ1v) is 8.04. The Labute approximate surface area is 134 Å². The van der Waals surface area contributed by atoms with E-state index in [-0.39, 0.29) is 23.1 Å². The van der Waals surface area contributed by atoms with Gasteiger partial charge in [-0.25, -0.2) is 4.79 Å². The molecule has 1 saturated heterocycles. The van der Waals surface area contributed by atoms with E-state index in [9.17, 15) is 14.4 Å². The lowest BCUT2D eigenvalue weighted by Crippen LogP contribution is -2.39. The summed E-state index contributed by atoms with van der Waals surface area (Å²) in [4.78, 5) is 44.1. The molecule has 0 aromatic heterocycles. The van der Waals surface area contributed by atoms with Crippen LogP contribution in [0.3, 0.4) is 0 Å². The van der Waals surface area contributed by atoms with E-state index in [1.54, 1.807) is 24.3 Å². The van der Waals surface area contributed by atoms with Crippen LogP contribution in [0, 0.1) is 0 Å².